The first-order chi connectivity index (χ1) is 9.64. The molecule has 0 aliphatic heterocycles. The summed E-state index contributed by atoms with van der Waals surface area (Å²) < 4.78 is 26.1. The van der Waals surface area contributed by atoms with Gasteiger partial charge in [-0.05, 0) is 19.3 Å². The lowest BCUT2D eigenvalue weighted by Crippen LogP contribution is -2.33. The lowest BCUT2D eigenvalue weighted by molar-refractivity contribution is 0.557. The highest BCUT2D eigenvalue weighted by Gasteiger charge is 2.20. The predicted octanol–water partition coefficient (Wildman–Crippen LogP) is 2.80. The fraction of sp³-hybridized carbons (Fsp3) is 1.00. The maximum atomic E-state index is 11.7. The Labute approximate surface area is 125 Å². The van der Waals surface area contributed by atoms with Gasteiger partial charge in [0, 0.05) is 19.1 Å². The van der Waals surface area contributed by atoms with Crippen molar-refractivity contribution in [2.75, 3.05) is 18.8 Å². The highest BCUT2D eigenvalue weighted by atomic mass is 32.2. The molecule has 1 fully saturated rings. The average molecular weight is 305 g/mol. The number of rotatable bonds is 14. The van der Waals surface area contributed by atoms with E-state index in [0.29, 0.717) is 19.1 Å². The van der Waals surface area contributed by atoms with Crippen LogP contribution in [-0.4, -0.2) is 33.3 Å². The molecule has 0 heterocycles. The summed E-state index contributed by atoms with van der Waals surface area (Å²) in [6.07, 6.45) is 12.3. The molecule has 20 heavy (non-hydrogen) atoms. The third-order valence-corrected chi connectivity index (χ3v) is 5.12. The summed E-state index contributed by atoms with van der Waals surface area (Å²) in [6.45, 7) is 3.41. The third kappa shape index (κ3) is 10.6. The summed E-state index contributed by atoms with van der Waals surface area (Å²) in [7, 11) is -3.07. The zero-order valence-electron chi connectivity index (χ0n) is 13.0. The normalized spacial score (nSPS) is 15.7. The number of hydrogen-bond acceptors (Lipinski definition) is 3. The van der Waals surface area contributed by atoms with Gasteiger partial charge in [0.25, 0.3) is 0 Å². The van der Waals surface area contributed by atoms with E-state index in [2.05, 4.69) is 17.0 Å². The molecular weight excluding hydrogens is 272 g/mol. The Balaban J connectivity index is 1.86. The van der Waals surface area contributed by atoms with Crippen LogP contribution >= 0.6 is 0 Å². The largest absolute Gasteiger partial charge is 0.313 e. The molecule has 0 aromatic rings. The Kier molecular flexibility index (Phi) is 9.48. The number of sulfonamides is 1. The maximum absolute atomic E-state index is 11.7. The SMILES string of the molecule is CCCCCCCCCCNS(=O)(=O)CCNC1CC1. The fourth-order valence-corrected chi connectivity index (χ4v) is 3.23. The maximum Gasteiger partial charge on any atom is 0.212 e. The highest BCUT2D eigenvalue weighted by molar-refractivity contribution is 7.89. The molecular formula is C15H32N2O2S. The van der Waals surface area contributed by atoms with E-state index in [1.165, 1.54) is 51.4 Å². The molecule has 1 aliphatic rings. The molecule has 1 rings (SSSR count). The summed E-state index contributed by atoms with van der Waals surface area (Å²) in [5, 5.41) is 3.23. The van der Waals surface area contributed by atoms with Gasteiger partial charge in [0.2, 0.25) is 10.0 Å². The van der Waals surface area contributed by atoms with E-state index >= 15 is 0 Å². The van der Waals surface area contributed by atoms with E-state index < -0.39 is 10.0 Å². The van der Waals surface area contributed by atoms with Gasteiger partial charge in [-0.25, -0.2) is 13.1 Å². The highest BCUT2D eigenvalue weighted by Crippen LogP contribution is 2.18. The molecule has 0 aromatic carbocycles. The Bertz CT molecular complexity index is 327. The van der Waals surface area contributed by atoms with Crippen LogP contribution in [0.4, 0.5) is 0 Å². The Morgan fingerprint density at radius 2 is 1.50 bits per heavy atom. The molecule has 0 radical (unpaired) electrons. The zero-order chi connectivity index (χ0) is 14.7. The molecule has 0 unspecified atom stereocenters. The van der Waals surface area contributed by atoms with Crippen molar-refractivity contribution in [3.63, 3.8) is 0 Å². The van der Waals surface area contributed by atoms with E-state index in [1.807, 2.05) is 0 Å². The van der Waals surface area contributed by atoms with Gasteiger partial charge < -0.3 is 5.32 Å². The summed E-state index contributed by atoms with van der Waals surface area (Å²) in [5.41, 5.74) is 0. The lowest BCUT2D eigenvalue weighted by atomic mass is 10.1. The van der Waals surface area contributed by atoms with Gasteiger partial charge in [0.1, 0.15) is 0 Å². The molecule has 120 valence electrons. The van der Waals surface area contributed by atoms with Crippen molar-refractivity contribution in [2.45, 2.75) is 77.2 Å². The van der Waals surface area contributed by atoms with Gasteiger partial charge in [-0.3, -0.25) is 0 Å². The van der Waals surface area contributed by atoms with Crippen molar-refractivity contribution in [1.82, 2.24) is 10.0 Å². The average Bonchev–Trinajstić information content (AvgIpc) is 3.21. The molecule has 5 heteroatoms. The van der Waals surface area contributed by atoms with Gasteiger partial charge in [-0.2, -0.15) is 0 Å². The van der Waals surface area contributed by atoms with Crippen LogP contribution in [0.15, 0.2) is 0 Å². The molecule has 2 N–H and O–H groups in total. The third-order valence-electron chi connectivity index (χ3n) is 3.73. The minimum Gasteiger partial charge on any atom is -0.313 e. The molecule has 4 nitrogen and oxygen atoms in total. The number of unbranched alkanes of at least 4 members (excludes halogenated alkanes) is 7. The Morgan fingerprint density at radius 1 is 0.900 bits per heavy atom. The first-order valence-corrected chi connectivity index (χ1v) is 10.00. The first kappa shape index (κ1) is 17.9. The van der Waals surface area contributed by atoms with Gasteiger partial charge in [0.05, 0.1) is 5.75 Å². The van der Waals surface area contributed by atoms with Crippen molar-refractivity contribution in [3.05, 3.63) is 0 Å². The molecule has 0 atom stereocenters. The van der Waals surface area contributed by atoms with Crippen LogP contribution in [0.3, 0.4) is 0 Å². The molecule has 0 bridgehead atoms. The van der Waals surface area contributed by atoms with E-state index in [4.69, 9.17) is 0 Å². The number of nitrogens with one attached hydrogen (secondary N) is 2. The van der Waals surface area contributed by atoms with Crippen molar-refractivity contribution < 1.29 is 8.42 Å². The van der Waals surface area contributed by atoms with Crippen molar-refractivity contribution in [2.24, 2.45) is 0 Å². The van der Waals surface area contributed by atoms with Gasteiger partial charge in [-0.15, -0.1) is 0 Å². The van der Waals surface area contributed by atoms with Crippen LogP contribution in [0.1, 0.15) is 71.1 Å². The van der Waals surface area contributed by atoms with Crippen LogP contribution < -0.4 is 10.0 Å². The molecule has 0 spiro atoms. The summed E-state index contributed by atoms with van der Waals surface area (Å²) >= 11 is 0. The quantitative estimate of drug-likeness (QED) is 0.485. The van der Waals surface area contributed by atoms with Crippen LogP contribution in [0.25, 0.3) is 0 Å². The van der Waals surface area contributed by atoms with Crippen LogP contribution in [0, 0.1) is 0 Å². The predicted molar refractivity (Wildman–Crippen MR) is 85.4 cm³/mol. The van der Waals surface area contributed by atoms with Crippen LogP contribution in [0.5, 0.6) is 0 Å². The second-order valence-corrected chi connectivity index (χ2v) is 7.84. The van der Waals surface area contributed by atoms with E-state index in [-0.39, 0.29) is 5.75 Å². The van der Waals surface area contributed by atoms with E-state index in [1.54, 1.807) is 0 Å². The molecule has 0 aromatic heterocycles. The van der Waals surface area contributed by atoms with E-state index in [0.717, 1.165) is 12.8 Å². The van der Waals surface area contributed by atoms with Gasteiger partial charge in [-0.1, -0.05) is 51.9 Å². The summed E-state index contributed by atoms with van der Waals surface area (Å²) in [5.74, 6) is 0.209. The topological polar surface area (TPSA) is 58.2 Å². The number of hydrogen-bond donors (Lipinski definition) is 2. The lowest BCUT2D eigenvalue weighted by Gasteiger charge is -2.07. The second kappa shape index (κ2) is 10.6. The van der Waals surface area contributed by atoms with Crippen molar-refractivity contribution in [1.29, 1.82) is 0 Å². The Morgan fingerprint density at radius 3 is 2.10 bits per heavy atom. The summed E-state index contributed by atoms with van der Waals surface area (Å²) in [4.78, 5) is 0. The molecule has 1 saturated carbocycles. The minimum absolute atomic E-state index is 0.209. The van der Waals surface area contributed by atoms with Crippen molar-refractivity contribution >= 4 is 10.0 Å². The van der Waals surface area contributed by atoms with Gasteiger partial charge >= 0.3 is 0 Å². The molecule has 1 aliphatic carbocycles. The smallest absolute Gasteiger partial charge is 0.212 e. The minimum atomic E-state index is -3.07. The first-order valence-electron chi connectivity index (χ1n) is 8.35. The standard InChI is InChI=1S/C15H32N2O2S/c1-2-3-4-5-6-7-8-9-12-17-20(18,19)14-13-16-15-10-11-15/h15-17H,2-14H2,1H3. The second-order valence-electron chi connectivity index (χ2n) is 5.92. The fourth-order valence-electron chi connectivity index (χ4n) is 2.24. The molecule has 0 amide bonds. The monoisotopic (exact) mass is 304 g/mol. The summed E-state index contributed by atoms with van der Waals surface area (Å²) in [6, 6.07) is 0.581. The zero-order valence-corrected chi connectivity index (χ0v) is 13.8. The molecule has 0 saturated heterocycles. The van der Waals surface area contributed by atoms with Crippen LogP contribution in [-0.2, 0) is 10.0 Å². The van der Waals surface area contributed by atoms with Crippen LogP contribution in [0.2, 0.25) is 0 Å². The van der Waals surface area contributed by atoms with Gasteiger partial charge in [0.15, 0.2) is 0 Å². The van der Waals surface area contributed by atoms with E-state index in [9.17, 15) is 8.42 Å². The van der Waals surface area contributed by atoms with Crippen molar-refractivity contribution in [3.8, 4) is 0 Å². The Hall–Kier alpha value is -0.130.